The van der Waals surface area contributed by atoms with Crippen molar-refractivity contribution >= 4 is 11.9 Å². The number of rotatable bonds is 4. The molecule has 3 rings (SSSR count). The average molecular weight is 312 g/mol. The SMILES string of the molecule is CC1(c2cccc(OCc3ccccc3)c2)OC(=O)CC(=O)O1. The van der Waals surface area contributed by atoms with Crippen molar-refractivity contribution in [2.75, 3.05) is 0 Å². The van der Waals surface area contributed by atoms with E-state index in [1.165, 1.54) is 6.92 Å². The van der Waals surface area contributed by atoms with Gasteiger partial charge in [-0.2, -0.15) is 0 Å². The molecule has 1 fully saturated rings. The number of carbonyl (C=O) groups excluding carboxylic acids is 2. The molecule has 1 saturated heterocycles. The number of hydrogen-bond donors (Lipinski definition) is 0. The average Bonchev–Trinajstić information content (AvgIpc) is 2.53. The lowest BCUT2D eigenvalue weighted by molar-refractivity contribution is -0.242. The molecular formula is C18H16O5. The number of hydrogen-bond acceptors (Lipinski definition) is 5. The van der Waals surface area contributed by atoms with Crippen LogP contribution in [0.2, 0.25) is 0 Å². The van der Waals surface area contributed by atoms with Crippen LogP contribution < -0.4 is 4.74 Å². The van der Waals surface area contributed by atoms with E-state index in [0.717, 1.165) is 5.56 Å². The molecule has 5 heteroatoms. The van der Waals surface area contributed by atoms with Crippen LogP contribution >= 0.6 is 0 Å². The lowest BCUT2D eigenvalue weighted by Gasteiger charge is -2.32. The molecule has 0 bridgehead atoms. The highest BCUT2D eigenvalue weighted by molar-refractivity contribution is 5.93. The molecule has 5 nitrogen and oxygen atoms in total. The highest BCUT2D eigenvalue weighted by Crippen LogP contribution is 2.33. The monoisotopic (exact) mass is 312 g/mol. The van der Waals surface area contributed by atoms with Crippen molar-refractivity contribution in [2.24, 2.45) is 0 Å². The zero-order valence-electron chi connectivity index (χ0n) is 12.7. The van der Waals surface area contributed by atoms with Crippen molar-refractivity contribution in [3.05, 3.63) is 65.7 Å². The molecule has 0 saturated carbocycles. The molecule has 0 unspecified atom stereocenters. The summed E-state index contributed by atoms with van der Waals surface area (Å²) in [7, 11) is 0. The zero-order valence-corrected chi connectivity index (χ0v) is 12.7. The Kier molecular flexibility index (Phi) is 4.02. The maximum atomic E-state index is 11.5. The first-order valence-corrected chi connectivity index (χ1v) is 7.26. The molecule has 2 aromatic carbocycles. The summed E-state index contributed by atoms with van der Waals surface area (Å²) in [5.74, 6) is -2.01. The minimum Gasteiger partial charge on any atom is -0.489 e. The summed E-state index contributed by atoms with van der Waals surface area (Å²) >= 11 is 0. The Labute approximate surface area is 133 Å². The van der Waals surface area contributed by atoms with Gasteiger partial charge in [0.1, 0.15) is 18.8 Å². The number of cyclic esters (lactones) is 2. The van der Waals surface area contributed by atoms with Crippen molar-refractivity contribution in [3.8, 4) is 5.75 Å². The molecule has 1 aliphatic heterocycles. The second kappa shape index (κ2) is 6.12. The second-order valence-electron chi connectivity index (χ2n) is 5.37. The lowest BCUT2D eigenvalue weighted by Crippen LogP contribution is -2.40. The maximum absolute atomic E-state index is 11.5. The van der Waals surface area contributed by atoms with Crippen LogP contribution in [0.1, 0.15) is 24.5 Å². The van der Waals surface area contributed by atoms with Gasteiger partial charge in [0, 0.05) is 12.5 Å². The van der Waals surface area contributed by atoms with E-state index >= 15 is 0 Å². The predicted molar refractivity (Wildman–Crippen MR) is 81.4 cm³/mol. The first kappa shape index (κ1) is 15.1. The molecule has 0 aliphatic carbocycles. The first-order valence-electron chi connectivity index (χ1n) is 7.26. The van der Waals surface area contributed by atoms with E-state index < -0.39 is 17.7 Å². The second-order valence-corrected chi connectivity index (χ2v) is 5.37. The van der Waals surface area contributed by atoms with Gasteiger partial charge in [0.2, 0.25) is 0 Å². The van der Waals surface area contributed by atoms with Crippen LogP contribution in [0, 0.1) is 0 Å². The standard InChI is InChI=1S/C18H16O5/c1-18(22-16(19)11-17(20)23-18)14-8-5-9-15(10-14)21-12-13-6-3-2-4-7-13/h2-10H,11-12H2,1H3. The van der Waals surface area contributed by atoms with E-state index in [9.17, 15) is 9.59 Å². The number of carbonyl (C=O) groups is 2. The van der Waals surface area contributed by atoms with Crippen molar-refractivity contribution in [3.63, 3.8) is 0 Å². The van der Waals surface area contributed by atoms with Gasteiger partial charge in [0.25, 0.3) is 5.79 Å². The van der Waals surface area contributed by atoms with Crippen LogP contribution in [0.3, 0.4) is 0 Å². The van der Waals surface area contributed by atoms with Gasteiger partial charge in [0.15, 0.2) is 0 Å². The zero-order chi connectivity index (χ0) is 16.3. The molecule has 0 N–H and O–H groups in total. The number of esters is 2. The molecule has 0 spiro atoms. The topological polar surface area (TPSA) is 61.8 Å². The highest BCUT2D eigenvalue weighted by Gasteiger charge is 2.40. The Morgan fingerprint density at radius 2 is 1.70 bits per heavy atom. The summed E-state index contributed by atoms with van der Waals surface area (Å²) in [5.41, 5.74) is 1.59. The Bertz CT molecular complexity index is 707. The molecule has 0 amide bonds. The van der Waals surface area contributed by atoms with E-state index in [1.54, 1.807) is 24.3 Å². The summed E-state index contributed by atoms with van der Waals surface area (Å²) in [5, 5.41) is 0. The van der Waals surface area contributed by atoms with E-state index in [0.29, 0.717) is 17.9 Å². The van der Waals surface area contributed by atoms with Gasteiger partial charge in [-0.05, 0) is 17.7 Å². The molecule has 0 atom stereocenters. The molecule has 1 heterocycles. The fourth-order valence-corrected chi connectivity index (χ4v) is 2.37. The summed E-state index contributed by atoms with van der Waals surface area (Å²) in [6, 6.07) is 16.7. The third-order valence-electron chi connectivity index (χ3n) is 3.51. The predicted octanol–water partition coefficient (Wildman–Crippen LogP) is 2.93. The third-order valence-corrected chi connectivity index (χ3v) is 3.51. The first-order chi connectivity index (χ1) is 11.0. The normalized spacial score (nSPS) is 16.4. The molecular weight excluding hydrogens is 296 g/mol. The highest BCUT2D eigenvalue weighted by atomic mass is 16.7. The van der Waals surface area contributed by atoms with Gasteiger partial charge in [-0.1, -0.05) is 42.5 Å². The summed E-state index contributed by atoms with van der Waals surface area (Å²) < 4.78 is 16.2. The third kappa shape index (κ3) is 3.51. The van der Waals surface area contributed by atoms with Crippen LogP contribution in [-0.4, -0.2) is 11.9 Å². The maximum Gasteiger partial charge on any atom is 0.320 e. The Hall–Kier alpha value is -2.82. The van der Waals surface area contributed by atoms with Gasteiger partial charge in [-0.25, -0.2) is 0 Å². The van der Waals surface area contributed by atoms with E-state index in [1.807, 2.05) is 30.3 Å². The molecule has 1 aliphatic rings. The van der Waals surface area contributed by atoms with Crippen LogP contribution in [-0.2, 0) is 31.5 Å². The van der Waals surface area contributed by atoms with Gasteiger partial charge >= 0.3 is 11.9 Å². The molecule has 0 aromatic heterocycles. The number of ether oxygens (including phenoxy) is 3. The lowest BCUT2D eigenvalue weighted by atomic mass is 10.1. The van der Waals surface area contributed by atoms with Gasteiger partial charge in [-0.15, -0.1) is 0 Å². The summed E-state index contributed by atoms with van der Waals surface area (Å²) in [6.45, 7) is 1.96. The Morgan fingerprint density at radius 3 is 2.39 bits per heavy atom. The van der Waals surface area contributed by atoms with E-state index in [4.69, 9.17) is 14.2 Å². The molecule has 118 valence electrons. The van der Waals surface area contributed by atoms with Gasteiger partial charge < -0.3 is 14.2 Å². The smallest absolute Gasteiger partial charge is 0.320 e. The van der Waals surface area contributed by atoms with Crippen molar-refractivity contribution in [1.82, 2.24) is 0 Å². The summed E-state index contributed by atoms with van der Waals surface area (Å²) in [4.78, 5) is 23.0. The Balaban J connectivity index is 1.77. The van der Waals surface area contributed by atoms with Crippen molar-refractivity contribution in [1.29, 1.82) is 0 Å². The minimum absolute atomic E-state index is 0.361. The minimum atomic E-state index is -1.42. The van der Waals surface area contributed by atoms with Gasteiger partial charge in [0.05, 0.1) is 0 Å². The van der Waals surface area contributed by atoms with Crippen molar-refractivity contribution < 1.29 is 23.8 Å². The molecule has 0 radical (unpaired) electrons. The van der Waals surface area contributed by atoms with Crippen LogP contribution in [0.4, 0.5) is 0 Å². The van der Waals surface area contributed by atoms with E-state index in [-0.39, 0.29) is 6.42 Å². The fourth-order valence-electron chi connectivity index (χ4n) is 2.37. The van der Waals surface area contributed by atoms with Crippen LogP contribution in [0.5, 0.6) is 5.75 Å². The summed E-state index contributed by atoms with van der Waals surface area (Å²) in [6.07, 6.45) is -0.361. The molecule has 2 aromatic rings. The van der Waals surface area contributed by atoms with Crippen LogP contribution in [0.25, 0.3) is 0 Å². The molecule has 23 heavy (non-hydrogen) atoms. The van der Waals surface area contributed by atoms with Gasteiger partial charge in [-0.3, -0.25) is 9.59 Å². The fraction of sp³-hybridized carbons (Fsp3) is 0.222. The number of benzene rings is 2. The Morgan fingerprint density at radius 1 is 1.00 bits per heavy atom. The van der Waals surface area contributed by atoms with Crippen LogP contribution in [0.15, 0.2) is 54.6 Å². The van der Waals surface area contributed by atoms with Crippen molar-refractivity contribution in [2.45, 2.75) is 25.7 Å². The van der Waals surface area contributed by atoms with E-state index in [2.05, 4.69) is 0 Å². The quantitative estimate of drug-likeness (QED) is 0.641. The largest absolute Gasteiger partial charge is 0.489 e.